The van der Waals surface area contributed by atoms with E-state index in [0.29, 0.717) is 0 Å². The fraction of sp³-hybridized carbons (Fsp3) is 0.533. The highest BCUT2D eigenvalue weighted by atomic mass is 15.3. The van der Waals surface area contributed by atoms with Crippen LogP contribution in [0.5, 0.6) is 0 Å². The Morgan fingerprint density at radius 1 is 1.11 bits per heavy atom. The molecule has 3 heteroatoms. The van der Waals surface area contributed by atoms with Gasteiger partial charge >= 0.3 is 0 Å². The zero-order valence-electron chi connectivity index (χ0n) is 11.3. The van der Waals surface area contributed by atoms with Crippen molar-refractivity contribution in [1.82, 2.24) is 9.80 Å². The van der Waals surface area contributed by atoms with Crippen molar-refractivity contribution in [3.8, 4) is 6.07 Å². The maximum absolute atomic E-state index is 9.14. The van der Waals surface area contributed by atoms with E-state index in [1.165, 1.54) is 5.56 Å². The van der Waals surface area contributed by atoms with Crippen LogP contribution in [0.15, 0.2) is 30.3 Å². The van der Waals surface area contributed by atoms with Crippen LogP contribution >= 0.6 is 0 Å². The first-order valence-corrected chi connectivity index (χ1v) is 6.54. The van der Waals surface area contributed by atoms with Crippen LogP contribution in [0.3, 0.4) is 0 Å². The molecule has 0 bridgehead atoms. The van der Waals surface area contributed by atoms with E-state index in [4.69, 9.17) is 5.26 Å². The molecule has 96 valence electrons. The monoisotopic (exact) mass is 243 g/mol. The highest BCUT2D eigenvalue weighted by Gasteiger charge is 2.29. The third-order valence-electron chi connectivity index (χ3n) is 3.69. The molecule has 18 heavy (non-hydrogen) atoms. The van der Waals surface area contributed by atoms with Gasteiger partial charge in [0.15, 0.2) is 0 Å². The summed E-state index contributed by atoms with van der Waals surface area (Å²) in [7, 11) is 0. The molecule has 0 atom stereocenters. The predicted octanol–water partition coefficient (Wildman–Crippen LogP) is 2.11. The first-order chi connectivity index (χ1) is 8.62. The van der Waals surface area contributed by atoms with Gasteiger partial charge in [-0.15, -0.1) is 0 Å². The van der Waals surface area contributed by atoms with Crippen LogP contribution in [0.25, 0.3) is 0 Å². The lowest BCUT2D eigenvalue weighted by Gasteiger charge is -2.40. The summed E-state index contributed by atoms with van der Waals surface area (Å²) in [6.07, 6.45) is 0. The first kappa shape index (κ1) is 13.1. The minimum atomic E-state index is -0.334. The van der Waals surface area contributed by atoms with Gasteiger partial charge in [0.25, 0.3) is 0 Å². The molecule has 0 aromatic heterocycles. The largest absolute Gasteiger partial charge is 0.297 e. The van der Waals surface area contributed by atoms with E-state index < -0.39 is 0 Å². The lowest BCUT2D eigenvalue weighted by molar-refractivity contribution is 0.0764. The van der Waals surface area contributed by atoms with Gasteiger partial charge in [0.1, 0.15) is 5.54 Å². The zero-order valence-corrected chi connectivity index (χ0v) is 11.3. The Labute approximate surface area is 110 Å². The van der Waals surface area contributed by atoms with E-state index in [1.807, 2.05) is 13.8 Å². The molecular formula is C15H21N3. The van der Waals surface area contributed by atoms with E-state index in [2.05, 4.69) is 46.2 Å². The second-order valence-corrected chi connectivity index (χ2v) is 5.42. The van der Waals surface area contributed by atoms with Gasteiger partial charge in [-0.25, -0.2) is 0 Å². The number of hydrogen-bond acceptors (Lipinski definition) is 3. The Bertz CT molecular complexity index is 411. The summed E-state index contributed by atoms with van der Waals surface area (Å²) < 4.78 is 0. The normalized spacial score (nSPS) is 18.5. The molecule has 3 nitrogen and oxygen atoms in total. The average molecular weight is 243 g/mol. The van der Waals surface area contributed by atoms with Crippen molar-refractivity contribution in [3.05, 3.63) is 35.9 Å². The molecule has 0 N–H and O–H groups in total. The van der Waals surface area contributed by atoms with Crippen LogP contribution in [0.1, 0.15) is 19.4 Å². The second-order valence-electron chi connectivity index (χ2n) is 5.42. The standard InChI is InChI=1S/C15H21N3/c1-15(2,13-16)18-10-8-17(9-11-18)12-14-6-4-3-5-7-14/h3-7H,8-12H2,1-2H3. The Hall–Kier alpha value is -1.37. The van der Waals surface area contributed by atoms with Crippen LogP contribution in [0, 0.1) is 11.3 Å². The number of benzene rings is 1. The third-order valence-corrected chi connectivity index (χ3v) is 3.69. The van der Waals surface area contributed by atoms with Gasteiger partial charge in [-0.05, 0) is 19.4 Å². The van der Waals surface area contributed by atoms with Crippen molar-refractivity contribution in [2.45, 2.75) is 25.9 Å². The smallest absolute Gasteiger partial charge is 0.103 e. The van der Waals surface area contributed by atoms with Crippen LogP contribution in [0.4, 0.5) is 0 Å². The van der Waals surface area contributed by atoms with Crippen molar-refractivity contribution in [2.75, 3.05) is 26.2 Å². The Morgan fingerprint density at radius 3 is 2.28 bits per heavy atom. The van der Waals surface area contributed by atoms with Crippen LogP contribution in [-0.4, -0.2) is 41.5 Å². The molecule has 1 saturated heterocycles. The Balaban J connectivity index is 1.86. The quantitative estimate of drug-likeness (QED) is 0.814. The summed E-state index contributed by atoms with van der Waals surface area (Å²) in [4.78, 5) is 4.73. The van der Waals surface area contributed by atoms with Gasteiger partial charge in [-0.2, -0.15) is 5.26 Å². The molecule has 1 fully saturated rings. The number of nitrogens with zero attached hydrogens (tertiary/aromatic N) is 3. The second kappa shape index (κ2) is 5.51. The number of nitriles is 1. The van der Waals surface area contributed by atoms with Crippen molar-refractivity contribution in [1.29, 1.82) is 5.26 Å². The molecule has 0 unspecified atom stereocenters. The Morgan fingerprint density at radius 2 is 1.72 bits per heavy atom. The van der Waals surface area contributed by atoms with Crippen LogP contribution in [-0.2, 0) is 6.54 Å². The molecule has 1 heterocycles. The zero-order chi connectivity index (χ0) is 13.0. The van der Waals surface area contributed by atoms with Gasteiger partial charge in [0.2, 0.25) is 0 Å². The molecule has 1 aliphatic rings. The molecule has 0 amide bonds. The fourth-order valence-electron chi connectivity index (χ4n) is 2.38. The highest BCUT2D eigenvalue weighted by molar-refractivity contribution is 5.14. The molecule has 1 aromatic carbocycles. The molecule has 0 aliphatic carbocycles. The van der Waals surface area contributed by atoms with Crippen LogP contribution < -0.4 is 0 Å². The summed E-state index contributed by atoms with van der Waals surface area (Å²) in [6.45, 7) is 9.06. The van der Waals surface area contributed by atoms with Crippen molar-refractivity contribution in [3.63, 3.8) is 0 Å². The van der Waals surface area contributed by atoms with E-state index in [1.54, 1.807) is 0 Å². The summed E-state index contributed by atoms with van der Waals surface area (Å²) in [5.41, 5.74) is 1.03. The molecule has 0 saturated carbocycles. The van der Waals surface area contributed by atoms with Gasteiger partial charge in [-0.1, -0.05) is 30.3 Å². The summed E-state index contributed by atoms with van der Waals surface area (Å²) in [6, 6.07) is 13.0. The number of rotatable bonds is 3. The molecule has 1 aromatic rings. The first-order valence-electron chi connectivity index (χ1n) is 6.54. The van der Waals surface area contributed by atoms with Gasteiger partial charge < -0.3 is 0 Å². The lowest BCUT2D eigenvalue weighted by atomic mass is 10.0. The van der Waals surface area contributed by atoms with Crippen LogP contribution in [0.2, 0.25) is 0 Å². The Kier molecular flexibility index (Phi) is 4.00. The third kappa shape index (κ3) is 3.10. The molecule has 2 rings (SSSR count). The van der Waals surface area contributed by atoms with Gasteiger partial charge in [-0.3, -0.25) is 9.80 Å². The van der Waals surface area contributed by atoms with E-state index in [-0.39, 0.29) is 5.54 Å². The van der Waals surface area contributed by atoms with Crippen molar-refractivity contribution in [2.24, 2.45) is 0 Å². The van der Waals surface area contributed by atoms with Crippen molar-refractivity contribution < 1.29 is 0 Å². The minimum Gasteiger partial charge on any atom is -0.297 e. The summed E-state index contributed by atoms with van der Waals surface area (Å²) in [5.74, 6) is 0. The highest BCUT2D eigenvalue weighted by Crippen LogP contribution is 2.17. The van der Waals surface area contributed by atoms with E-state index >= 15 is 0 Å². The number of hydrogen-bond donors (Lipinski definition) is 0. The topological polar surface area (TPSA) is 30.3 Å². The maximum Gasteiger partial charge on any atom is 0.103 e. The molecule has 0 spiro atoms. The molecule has 1 aliphatic heterocycles. The van der Waals surface area contributed by atoms with E-state index in [0.717, 1.165) is 32.7 Å². The minimum absolute atomic E-state index is 0.334. The molecule has 0 radical (unpaired) electrons. The van der Waals surface area contributed by atoms with Crippen molar-refractivity contribution >= 4 is 0 Å². The molecular weight excluding hydrogens is 222 g/mol. The fourth-order valence-corrected chi connectivity index (χ4v) is 2.38. The number of piperazine rings is 1. The predicted molar refractivity (Wildman–Crippen MR) is 73.0 cm³/mol. The summed E-state index contributed by atoms with van der Waals surface area (Å²) in [5, 5.41) is 9.14. The van der Waals surface area contributed by atoms with Gasteiger partial charge in [0, 0.05) is 32.7 Å². The lowest BCUT2D eigenvalue weighted by Crippen LogP contribution is -2.53. The maximum atomic E-state index is 9.14. The van der Waals surface area contributed by atoms with Gasteiger partial charge in [0.05, 0.1) is 6.07 Å². The SMILES string of the molecule is CC(C)(C#N)N1CCN(Cc2ccccc2)CC1. The van der Waals surface area contributed by atoms with E-state index in [9.17, 15) is 0 Å². The summed E-state index contributed by atoms with van der Waals surface area (Å²) >= 11 is 0. The average Bonchev–Trinajstić information content (AvgIpc) is 2.40.